The number of halogens is 1. The molecule has 0 aliphatic heterocycles. The lowest BCUT2D eigenvalue weighted by Crippen LogP contribution is -2.10. The van der Waals surface area contributed by atoms with Gasteiger partial charge in [0.2, 0.25) is 0 Å². The van der Waals surface area contributed by atoms with Crippen molar-refractivity contribution in [3.05, 3.63) is 34.9 Å². The summed E-state index contributed by atoms with van der Waals surface area (Å²) in [6.07, 6.45) is 0.385. The highest BCUT2D eigenvalue weighted by molar-refractivity contribution is 5.78. The Morgan fingerprint density at radius 3 is 2.47 bits per heavy atom. The van der Waals surface area contributed by atoms with Crippen LogP contribution < -0.4 is 0 Å². The standard InChI is InChI=1S/C13H17FO/c1-9-5-6-12(13(3,4)14)8-11(9)7-10(2)15/h5-6,8H,7H2,1-4H3. The fourth-order valence-electron chi connectivity index (χ4n) is 1.50. The van der Waals surface area contributed by atoms with Crippen LogP contribution in [0.25, 0.3) is 0 Å². The van der Waals surface area contributed by atoms with Crippen molar-refractivity contribution in [3.8, 4) is 0 Å². The average molecular weight is 208 g/mol. The SMILES string of the molecule is CC(=O)Cc1cc(C(C)(C)F)ccc1C. The first-order valence-electron chi connectivity index (χ1n) is 5.09. The van der Waals surface area contributed by atoms with Gasteiger partial charge < -0.3 is 0 Å². The normalized spacial score (nSPS) is 11.5. The Balaban J connectivity index is 3.11. The summed E-state index contributed by atoms with van der Waals surface area (Å²) in [7, 11) is 0. The van der Waals surface area contributed by atoms with Crippen LogP contribution in [0.15, 0.2) is 18.2 Å². The Kier molecular flexibility index (Phi) is 3.28. The summed E-state index contributed by atoms with van der Waals surface area (Å²) < 4.78 is 13.7. The van der Waals surface area contributed by atoms with Crippen molar-refractivity contribution < 1.29 is 9.18 Å². The molecule has 0 heterocycles. The molecule has 0 bridgehead atoms. The van der Waals surface area contributed by atoms with E-state index in [0.717, 1.165) is 11.1 Å². The number of hydrogen-bond donors (Lipinski definition) is 0. The van der Waals surface area contributed by atoms with E-state index >= 15 is 0 Å². The van der Waals surface area contributed by atoms with Crippen molar-refractivity contribution in [3.63, 3.8) is 0 Å². The second-order valence-corrected chi connectivity index (χ2v) is 4.49. The van der Waals surface area contributed by atoms with Crippen molar-refractivity contribution in [1.29, 1.82) is 0 Å². The summed E-state index contributed by atoms with van der Waals surface area (Å²) in [5.41, 5.74) is 1.24. The first kappa shape index (κ1) is 11.9. The zero-order chi connectivity index (χ0) is 11.6. The van der Waals surface area contributed by atoms with Gasteiger partial charge in [0, 0.05) is 6.42 Å². The lowest BCUT2D eigenvalue weighted by molar-refractivity contribution is -0.116. The van der Waals surface area contributed by atoms with Crippen LogP contribution in [-0.4, -0.2) is 5.78 Å². The zero-order valence-corrected chi connectivity index (χ0v) is 9.73. The minimum absolute atomic E-state index is 0.104. The monoisotopic (exact) mass is 208 g/mol. The molecule has 1 aromatic carbocycles. The highest BCUT2D eigenvalue weighted by atomic mass is 19.1. The second-order valence-electron chi connectivity index (χ2n) is 4.49. The van der Waals surface area contributed by atoms with E-state index in [4.69, 9.17) is 0 Å². The molecule has 2 heteroatoms. The Morgan fingerprint density at radius 2 is 2.00 bits per heavy atom. The predicted molar refractivity (Wildman–Crippen MR) is 59.7 cm³/mol. The summed E-state index contributed by atoms with van der Waals surface area (Å²) in [5.74, 6) is 0.104. The largest absolute Gasteiger partial charge is 0.300 e. The number of aryl methyl sites for hydroxylation is 1. The van der Waals surface area contributed by atoms with E-state index in [1.807, 2.05) is 13.0 Å². The quantitative estimate of drug-likeness (QED) is 0.744. The first-order valence-corrected chi connectivity index (χ1v) is 5.09. The highest BCUT2D eigenvalue weighted by Crippen LogP contribution is 2.26. The smallest absolute Gasteiger partial charge is 0.134 e. The van der Waals surface area contributed by atoms with Crippen LogP contribution in [0.2, 0.25) is 0 Å². The molecule has 0 aliphatic rings. The van der Waals surface area contributed by atoms with E-state index in [1.165, 1.54) is 13.8 Å². The minimum Gasteiger partial charge on any atom is -0.300 e. The van der Waals surface area contributed by atoms with Crippen molar-refractivity contribution in [2.24, 2.45) is 0 Å². The van der Waals surface area contributed by atoms with Gasteiger partial charge in [0.1, 0.15) is 11.5 Å². The van der Waals surface area contributed by atoms with Crippen LogP contribution in [0.3, 0.4) is 0 Å². The molecule has 0 unspecified atom stereocenters. The van der Waals surface area contributed by atoms with Crippen LogP contribution in [0.4, 0.5) is 4.39 Å². The third kappa shape index (κ3) is 3.15. The average Bonchev–Trinajstić information content (AvgIpc) is 2.06. The molecule has 0 N–H and O–H groups in total. The van der Waals surface area contributed by atoms with Gasteiger partial charge in [-0.15, -0.1) is 0 Å². The highest BCUT2D eigenvalue weighted by Gasteiger charge is 2.19. The second kappa shape index (κ2) is 4.13. The molecule has 1 aromatic rings. The minimum atomic E-state index is -1.35. The summed E-state index contributed by atoms with van der Waals surface area (Å²) in [5, 5.41) is 0. The van der Waals surface area contributed by atoms with E-state index in [9.17, 15) is 9.18 Å². The molecule has 0 amide bonds. The molecular weight excluding hydrogens is 191 g/mol. The molecule has 0 atom stereocenters. The van der Waals surface area contributed by atoms with Crippen molar-refractivity contribution in [2.75, 3.05) is 0 Å². The van der Waals surface area contributed by atoms with Gasteiger partial charge in [0.15, 0.2) is 0 Å². The van der Waals surface area contributed by atoms with Gasteiger partial charge in [-0.05, 0) is 44.4 Å². The van der Waals surface area contributed by atoms with Crippen LogP contribution in [0, 0.1) is 6.92 Å². The maximum absolute atomic E-state index is 13.7. The molecule has 0 spiro atoms. The van der Waals surface area contributed by atoms with Crippen LogP contribution >= 0.6 is 0 Å². The summed E-state index contributed by atoms with van der Waals surface area (Å²) in [6.45, 7) is 6.53. The number of carbonyl (C=O) groups is 1. The molecule has 15 heavy (non-hydrogen) atoms. The molecule has 0 radical (unpaired) electrons. The van der Waals surface area contributed by atoms with E-state index in [1.54, 1.807) is 19.1 Å². The third-order valence-electron chi connectivity index (χ3n) is 2.47. The Bertz CT molecular complexity index is 375. The Morgan fingerprint density at radius 1 is 1.40 bits per heavy atom. The maximum Gasteiger partial charge on any atom is 0.134 e. The lowest BCUT2D eigenvalue weighted by atomic mass is 9.94. The third-order valence-corrected chi connectivity index (χ3v) is 2.47. The number of Topliss-reactive ketones (excluding diaryl/α,β-unsaturated/α-hetero) is 1. The molecular formula is C13H17FO. The number of carbonyl (C=O) groups excluding carboxylic acids is 1. The number of ketones is 1. The molecule has 1 rings (SSSR count). The first-order chi connectivity index (χ1) is 6.80. The van der Waals surface area contributed by atoms with Gasteiger partial charge in [0.05, 0.1) is 0 Å². The number of hydrogen-bond acceptors (Lipinski definition) is 1. The van der Waals surface area contributed by atoms with E-state index in [0.29, 0.717) is 12.0 Å². The molecule has 0 saturated heterocycles. The molecule has 0 aliphatic carbocycles. The van der Waals surface area contributed by atoms with Crippen molar-refractivity contribution in [2.45, 2.75) is 39.8 Å². The lowest BCUT2D eigenvalue weighted by Gasteiger charge is -2.16. The van der Waals surface area contributed by atoms with Gasteiger partial charge in [-0.1, -0.05) is 18.2 Å². The Labute approximate surface area is 90.3 Å². The van der Waals surface area contributed by atoms with Gasteiger partial charge in [0.25, 0.3) is 0 Å². The van der Waals surface area contributed by atoms with Gasteiger partial charge in [-0.2, -0.15) is 0 Å². The maximum atomic E-state index is 13.7. The van der Waals surface area contributed by atoms with Crippen LogP contribution in [-0.2, 0) is 16.9 Å². The summed E-state index contributed by atoms with van der Waals surface area (Å²) in [6, 6.07) is 5.44. The fraction of sp³-hybridized carbons (Fsp3) is 0.462. The molecule has 82 valence electrons. The molecule has 0 fully saturated rings. The van der Waals surface area contributed by atoms with Gasteiger partial charge in [-0.3, -0.25) is 4.79 Å². The van der Waals surface area contributed by atoms with Crippen LogP contribution in [0.1, 0.15) is 37.5 Å². The van der Waals surface area contributed by atoms with Gasteiger partial charge in [-0.25, -0.2) is 4.39 Å². The topological polar surface area (TPSA) is 17.1 Å². The summed E-state index contributed by atoms with van der Waals surface area (Å²) in [4.78, 5) is 11.0. The van der Waals surface area contributed by atoms with Crippen molar-refractivity contribution in [1.82, 2.24) is 0 Å². The van der Waals surface area contributed by atoms with Crippen molar-refractivity contribution >= 4 is 5.78 Å². The van der Waals surface area contributed by atoms with E-state index in [-0.39, 0.29) is 5.78 Å². The van der Waals surface area contributed by atoms with Crippen LogP contribution in [0.5, 0.6) is 0 Å². The number of alkyl halides is 1. The zero-order valence-electron chi connectivity index (χ0n) is 9.73. The summed E-state index contributed by atoms with van der Waals surface area (Å²) >= 11 is 0. The van der Waals surface area contributed by atoms with E-state index < -0.39 is 5.67 Å². The predicted octanol–water partition coefficient (Wildman–Crippen LogP) is 3.33. The fourth-order valence-corrected chi connectivity index (χ4v) is 1.50. The molecule has 0 saturated carbocycles. The van der Waals surface area contributed by atoms with E-state index in [2.05, 4.69) is 0 Å². The number of rotatable bonds is 3. The Hall–Kier alpha value is -1.18. The molecule has 0 aromatic heterocycles. The van der Waals surface area contributed by atoms with Gasteiger partial charge >= 0.3 is 0 Å². The molecule has 1 nitrogen and oxygen atoms in total. The number of benzene rings is 1.